The molecule has 0 rings (SSSR count). The topological polar surface area (TPSA) is 26.3 Å². The van der Waals surface area contributed by atoms with Gasteiger partial charge in [-0.1, -0.05) is 85.0 Å². The lowest BCUT2D eigenvalue weighted by molar-refractivity contribution is -0.149. The summed E-state index contributed by atoms with van der Waals surface area (Å²) in [5.74, 6) is -0.0260. The summed E-state index contributed by atoms with van der Waals surface area (Å²) in [6.07, 6.45) is 18.5. The van der Waals surface area contributed by atoms with Crippen molar-refractivity contribution in [2.24, 2.45) is 0 Å². The van der Waals surface area contributed by atoms with Crippen molar-refractivity contribution in [3.8, 4) is 0 Å². The number of ether oxygens (including phenoxy) is 1. The molecular formula is C20H40O2. The zero-order valence-corrected chi connectivity index (χ0v) is 15.5. The van der Waals surface area contributed by atoms with Crippen LogP contribution in [0.3, 0.4) is 0 Å². The second kappa shape index (κ2) is 16.8. The molecule has 0 aromatic heterocycles. The van der Waals surface area contributed by atoms with E-state index in [1.54, 1.807) is 0 Å². The fraction of sp³-hybridized carbons (Fsp3) is 0.950. The molecule has 0 saturated heterocycles. The predicted molar refractivity (Wildman–Crippen MR) is 96.2 cm³/mol. The van der Waals surface area contributed by atoms with Crippen LogP contribution in [0.4, 0.5) is 0 Å². The highest BCUT2D eigenvalue weighted by atomic mass is 16.5. The van der Waals surface area contributed by atoms with Crippen molar-refractivity contribution in [1.29, 1.82) is 0 Å². The summed E-state index contributed by atoms with van der Waals surface area (Å²) >= 11 is 0. The Bertz CT molecular complexity index is 222. The third kappa shape index (κ3) is 14.4. The van der Waals surface area contributed by atoms with Crippen LogP contribution in [0.25, 0.3) is 0 Å². The van der Waals surface area contributed by atoms with Crippen LogP contribution in [0.2, 0.25) is 0 Å². The van der Waals surface area contributed by atoms with Gasteiger partial charge in [0.15, 0.2) is 0 Å². The van der Waals surface area contributed by atoms with E-state index < -0.39 is 0 Å². The summed E-state index contributed by atoms with van der Waals surface area (Å²) in [7, 11) is 0. The van der Waals surface area contributed by atoms with Crippen molar-refractivity contribution >= 4 is 5.97 Å². The number of esters is 1. The van der Waals surface area contributed by atoms with Crippen molar-refractivity contribution in [3.63, 3.8) is 0 Å². The molecule has 0 heterocycles. The Balaban J connectivity index is 3.77. The van der Waals surface area contributed by atoms with E-state index in [1.165, 1.54) is 77.0 Å². The summed E-state index contributed by atoms with van der Waals surface area (Å²) in [6, 6.07) is 0. The normalized spacial score (nSPS) is 11.1. The van der Waals surface area contributed by atoms with Crippen molar-refractivity contribution < 1.29 is 9.53 Å². The highest BCUT2D eigenvalue weighted by molar-refractivity contribution is 5.69. The van der Waals surface area contributed by atoms with E-state index in [2.05, 4.69) is 13.8 Å². The third-order valence-corrected chi connectivity index (χ3v) is 4.35. The van der Waals surface area contributed by atoms with Gasteiger partial charge in [0.25, 0.3) is 0 Å². The zero-order valence-electron chi connectivity index (χ0n) is 15.5. The van der Waals surface area contributed by atoms with Crippen LogP contribution in [-0.2, 0) is 9.53 Å². The summed E-state index contributed by atoms with van der Waals surface area (Å²) in [6.45, 7) is 6.39. The summed E-state index contributed by atoms with van der Waals surface area (Å²) < 4.78 is 5.62. The first-order valence-corrected chi connectivity index (χ1v) is 9.94. The van der Waals surface area contributed by atoms with Gasteiger partial charge in [-0.25, -0.2) is 0 Å². The highest BCUT2D eigenvalue weighted by Gasteiger charge is 2.12. The number of hydrogen-bond donors (Lipinski definition) is 0. The molecule has 0 spiro atoms. The molecule has 0 aromatic carbocycles. The first-order valence-electron chi connectivity index (χ1n) is 9.94. The largest absolute Gasteiger partial charge is 0.462 e. The first kappa shape index (κ1) is 21.5. The lowest BCUT2D eigenvalue weighted by atomic mass is 10.0. The van der Waals surface area contributed by atoms with Crippen LogP contribution in [0.5, 0.6) is 0 Å². The Hall–Kier alpha value is -0.530. The second-order valence-electron chi connectivity index (χ2n) is 6.58. The SMILES string of the molecule is CCCCCCCCC(CCCCCCCC)OC(=O)CC. The fourth-order valence-electron chi connectivity index (χ4n) is 2.84. The molecular weight excluding hydrogens is 272 g/mol. The Morgan fingerprint density at radius 1 is 0.682 bits per heavy atom. The molecule has 22 heavy (non-hydrogen) atoms. The standard InChI is InChI=1S/C20H40O2/c1-4-7-9-11-13-15-17-19(22-20(21)6-3)18-16-14-12-10-8-5-2/h19H,4-18H2,1-3H3. The molecule has 0 unspecified atom stereocenters. The Morgan fingerprint density at radius 3 is 1.50 bits per heavy atom. The zero-order chi connectivity index (χ0) is 16.5. The van der Waals surface area contributed by atoms with Crippen LogP contribution in [0.15, 0.2) is 0 Å². The highest BCUT2D eigenvalue weighted by Crippen LogP contribution is 2.17. The van der Waals surface area contributed by atoms with Gasteiger partial charge in [0.05, 0.1) is 0 Å². The van der Waals surface area contributed by atoms with Crippen LogP contribution in [-0.4, -0.2) is 12.1 Å². The molecule has 0 atom stereocenters. The number of hydrogen-bond acceptors (Lipinski definition) is 2. The molecule has 132 valence electrons. The van der Waals surface area contributed by atoms with Crippen molar-refractivity contribution in [2.45, 2.75) is 123 Å². The van der Waals surface area contributed by atoms with E-state index in [1.807, 2.05) is 6.92 Å². The van der Waals surface area contributed by atoms with E-state index in [4.69, 9.17) is 4.74 Å². The number of unbranched alkanes of at least 4 members (excludes halogenated alkanes) is 10. The predicted octanol–water partition coefficient (Wildman–Crippen LogP) is 6.81. The van der Waals surface area contributed by atoms with E-state index in [-0.39, 0.29) is 12.1 Å². The summed E-state index contributed by atoms with van der Waals surface area (Å²) in [5, 5.41) is 0. The minimum Gasteiger partial charge on any atom is -0.462 e. The monoisotopic (exact) mass is 312 g/mol. The van der Waals surface area contributed by atoms with Gasteiger partial charge in [-0.05, 0) is 25.7 Å². The molecule has 0 N–H and O–H groups in total. The maximum absolute atomic E-state index is 11.5. The van der Waals surface area contributed by atoms with Gasteiger partial charge in [-0.2, -0.15) is 0 Å². The third-order valence-electron chi connectivity index (χ3n) is 4.35. The van der Waals surface area contributed by atoms with Gasteiger partial charge in [-0.15, -0.1) is 0 Å². The molecule has 0 bridgehead atoms. The van der Waals surface area contributed by atoms with E-state index >= 15 is 0 Å². The van der Waals surface area contributed by atoms with Crippen molar-refractivity contribution in [3.05, 3.63) is 0 Å². The average molecular weight is 313 g/mol. The van der Waals surface area contributed by atoms with Crippen LogP contribution >= 0.6 is 0 Å². The van der Waals surface area contributed by atoms with E-state index in [0.717, 1.165) is 12.8 Å². The molecule has 2 heteroatoms. The van der Waals surface area contributed by atoms with Crippen LogP contribution in [0.1, 0.15) is 117 Å². The second-order valence-corrected chi connectivity index (χ2v) is 6.58. The molecule has 0 aliphatic rings. The summed E-state index contributed by atoms with van der Waals surface area (Å²) in [4.78, 5) is 11.5. The average Bonchev–Trinajstić information content (AvgIpc) is 2.53. The Labute approximate surface area is 139 Å². The Morgan fingerprint density at radius 2 is 1.09 bits per heavy atom. The molecule has 0 aliphatic carbocycles. The van der Waals surface area contributed by atoms with E-state index in [9.17, 15) is 4.79 Å². The molecule has 0 amide bonds. The van der Waals surface area contributed by atoms with Crippen molar-refractivity contribution in [1.82, 2.24) is 0 Å². The van der Waals surface area contributed by atoms with Crippen LogP contribution in [0, 0.1) is 0 Å². The van der Waals surface area contributed by atoms with Gasteiger partial charge in [0.1, 0.15) is 6.10 Å². The van der Waals surface area contributed by atoms with Gasteiger partial charge in [0.2, 0.25) is 0 Å². The lowest BCUT2D eigenvalue weighted by Crippen LogP contribution is -2.17. The fourth-order valence-corrected chi connectivity index (χ4v) is 2.84. The molecule has 0 aliphatic heterocycles. The molecule has 0 fully saturated rings. The van der Waals surface area contributed by atoms with Gasteiger partial charge < -0.3 is 4.74 Å². The quantitative estimate of drug-likeness (QED) is 0.231. The molecule has 0 radical (unpaired) electrons. The first-order chi connectivity index (χ1) is 10.7. The minimum absolute atomic E-state index is 0.0260. The molecule has 2 nitrogen and oxygen atoms in total. The maximum Gasteiger partial charge on any atom is 0.305 e. The van der Waals surface area contributed by atoms with Crippen molar-refractivity contribution in [2.75, 3.05) is 0 Å². The summed E-state index contributed by atoms with van der Waals surface area (Å²) in [5.41, 5.74) is 0. The van der Waals surface area contributed by atoms with Gasteiger partial charge in [0, 0.05) is 6.42 Å². The van der Waals surface area contributed by atoms with E-state index in [0.29, 0.717) is 6.42 Å². The van der Waals surface area contributed by atoms with Gasteiger partial charge in [-0.3, -0.25) is 4.79 Å². The van der Waals surface area contributed by atoms with Crippen LogP contribution < -0.4 is 0 Å². The smallest absolute Gasteiger partial charge is 0.305 e. The van der Waals surface area contributed by atoms with Gasteiger partial charge >= 0.3 is 5.97 Å². The molecule has 0 saturated carbocycles. The number of carbonyl (C=O) groups is 1. The lowest BCUT2D eigenvalue weighted by Gasteiger charge is -2.17. The number of rotatable bonds is 16. The minimum atomic E-state index is -0.0260. The maximum atomic E-state index is 11.5. The Kier molecular flexibility index (Phi) is 16.4. The number of carbonyl (C=O) groups excluding carboxylic acids is 1. The molecule has 0 aromatic rings.